The Morgan fingerprint density at radius 1 is 1.23 bits per heavy atom. The average Bonchev–Trinajstić information content (AvgIpc) is 3.21. The number of carbonyl (C=O) groups excluding carboxylic acids is 3. The van der Waals surface area contributed by atoms with Crippen molar-refractivity contribution >= 4 is 34.3 Å². The summed E-state index contributed by atoms with van der Waals surface area (Å²) >= 11 is 1.47. The van der Waals surface area contributed by atoms with E-state index in [0.29, 0.717) is 30.8 Å². The molecule has 2 fully saturated rings. The molecule has 1 aromatic heterocycles. The number of hydrogen-bond acceptors (Lipinski definition) is 5. The highest BCUT2D eigenvalue weighted by atomic mass is 32.1. The third-order valence-electron chi connectivity index (χ3n) is 6.02. The number of hydrogen-bond donors (Lipinski definition) is 3. The van der Waals surface area contributed by atoms with E-state index in [1.165, 1.54) is 16.9 Å². The standard InChI is InChI=1S/C22H26N4O3S/c1-3-4-14-5-7-15(8-6-14)17-13(2)30-21(23-17)24-18(27)16-9-11-22(12-10-16)19(28)25-20(29)26-22/h5-8,16H,3-4,9-12H2,1-2H3,(H,23,24,27)(H2,25,26,28,29). The number of aryl methyl sites for hydroxylation is 2. The third kappa shape index (κ3) is 3.96. The van der Waals surface area contributed by atoms with Gasteiger partial charge in [0.25, 0.3) is 5.91 Å². The van der Waals surface area contributed by atoms with Crippen LogP contribution in [0.2, 0.25) is 0 Å². The van der Waals surface area contributed by atoms with Crippen molar-refractivity contribution in [1.82, 2.24) is 15.6 Å². The van der Waals surface area contributed by atoms with Gasteiger partial charge in [-0.25, -0.2) is 9.78 Å². The van der Waals surface area contributed by atoms with Gasteiger partial charge in [-0.15, -0.1) is 11.3 Å². The van der Waals surface area contributed by atoms with Crippen molar-refractivity contribution in [3.63, 3.8) is 0 Å². The van der Waals surface area contributed by atoms with Gasteiger partial charge in [-0.3, -0.25) is 14.9 Å². The van der Waals surface area contributed by atoms with Gasteiger partial charge in [0.2, 0.25) is 5.91 Å². The van der Waals surface area contributed by atoms with Crippen LogP contribution in [0.5, 0.6) is 0 Å². The first kappa shape index (κ1) is 20.5. The molecule has 1 aliphatic carbocycles. The number of benzene rings is 1. The van der Waals surface area contributed by atoms with Gasteiger partial charge in [-0.2, -0.15) is 0 Å². The molecule has 158 valence electrons. The minimum absolute atomic E-state index is 0.0758. The van der Waals surface area contributed by atoms with Crippen molar-refractivity contribution in [2.45, 2.75) is 57.9 Å². The molecule has 2 aromatic rings. The van der Waals surface area contributed by atoms with E-state index >= 15 is 0 Å². The number of amides is 4. The zero-order valence-electron chi connectivity index (χ0n) is 17.2. The van der Waals surface area contributed by atoms with Gasteiger partial charge in [0.05, 0.1) is 5.69 Å². The van der Waals surface area contributed by atoms with Crippen molar-refractivity contribution in [3.8, 4) is 11.3 Å². The summed E-state index contributed by atoms with van der Waals surface area (Å²) in [6, 6.07) is 7.98. The Kier molecular flexibility index (Phi) is 5.60. The number of imide groups is 1. The molecule has 2 heterocycles. The molecule has 3 N–H and O–H groups in total. The van der Waals surface area contributed by atoms with Gasteiger partial charge in [0, 0.05) is 16.4 Å². The van der Waals surface area contributed by atoms with E-state index in [4.69, 9.17) is 0 Å². The van der Waals surface area contributed by atoms with Gasteiger partial charge in [0.1, 0.15) is 5.54 Å². The molecular formula is C22H26N4O3S. The Hall–Kier alpha value is -2.74. The summed E-state index contributed by atoms with van der Waals surface area (Å²) in [5, 5.41) is 8.57. The van der Waals surface area contributed by atoms with Crippen LogP contribution in [0.25, 0.3) is 11.3 Å². The molecule has 2 aliphatic rings. The van der Waals surface area contributed by atoms with Crippen LogP contribution in [0.3, 0.4) is 0 Å². The second-order valence-electron chi connectivity index (χ2n) is 8.12. The molecule has 0 bridgehead atoms. The summed E-state index contributed by atoms with van der Waals surface area (Å²) in [4.78, 5) is 42.0. The molecule has 8 heteroatoms. The zero-order chi connectivity index (χ0) is 21.3. The molecule has 0 radical (unpaired) electrons. The third-order valence-corrected chi connectivity index (χ3v) is 6.90. The Morgan fingerprint density at radius 2 is 1.93 bits per heavy atom. The van der Waals surface area contributed by atoms with Crippen molar-refractivity contribution < 1.29 is 14.4 Å². The molecule has 7 nitrogen and oxygen atoms in total. The lowest BCUT2D eigenvalue weighted by atomic mass is 9.76. The quantitative estimate of drug-likeness (QED) is 0.634. The fraction of sp³-hybridized carbons (Fsp3) is 0.455. The lowest BCUT2D eigenvalue weighted by Crippen LogP contribution is -2.50. The molecule has 4 rings (SSSR count). The number of nitrogens with one attached hydrogen (secondary N) is 3. The van der Waals surface area contributed by atoms with E-state index in [1.807, 2.05) is 6.92 Å². The maximum absolute atomic E-state index is 12.8. The lowest BCUT2D eigenvalue weighted by molar-refractivity contribution is -0.128. The van der Waals surface area contributed by atoms with Crippen LogP contribution >= 0.6 is 11.3 Å². The zero-order valence-corrected chi connectivity index (χ0v) is 18.0. The molecular weight excluding hydrogens is 400 g/mol. The molecule has 1 aliphatic heterocycles. The van der Waals surface area contributed by atoms with E-state index in [9.17, 15) is 14.4 Å². The van der Waals surface area contributed by atoms with Gasteiger partial charge < -0.3 is 10.6 Å². The fourth-order valence-corrected chi connectivity index (χ4v) is 5.13. The van der Waals surface area contributed by atoms with Gasteiger partial charge in [0.15, 0.2) is 5.13 Å². The van der Waals surface area contributed by atoms with E-state index in [0.717, 1.165) is 29.0 Å². The maximum atomic E-state index is 12.8. The lowest BCUT2D eigenvalue weighted by Gasteiger charge is -2.33. The second kappa shape index (κ2) is 8.18. The predicted molar refractivity (Wildman–Crippen MR) is 116 cm³/mol. The van der Waals surface area contributed by atoms with E-state index in [2.05, 4.69) is 52.1 Å². The number of anilines is 1. The molecule has 4 amide bonds. The number of aromatic nitrogens is 1. The molecule has 1 saturated carbocycles. The van der Waals surface area contributed by atoms with Crippen LogP contribution in [0, 0.1) is 12.8 Å². The normalized spacial score (nSPS) is 23.3. The van der Waals surface area contributed by atoms with Crippen LogP contribution < -0.4 is 16.0 Å². The minimum Gasteiger partial charge on any atom is -0.323 e. The van der Waals surface area contributed by atoms with Crippen LogP contribution in [0.15, 0.2) is 24.3 Å². The highest BCUT2D eigenvalue weighted by molar-refractivity contribution is 7.16. The Bertz CT molecular complexity index is 975. The summed E-state index contributed by atoms with van der Waals surface area (Å²) in [5.41, 5.74) is 2.41. The molecule has 1 spiro atoms. The summed E-state index contributed by atoms with van der Waals surface area (Å²) in [6.45, 7) is 4.17. The molecule has 1 aromatic carbocycles. The first-order chi connectivity index (χ1) is 14.4. The molecule has 30 heavy (non-hydrogen) atoms. The van der Waals surface area contributed by atoms with Gasteiger partial charge in [-0.1, -0.05) is 37.6 Å². The highest BCUT2D eigenvalue weighted by Gasteiger charge is 2.48. The average molecular weight is 427 g/mol. The minimum atomic E-state index is -0.845. The fourth-order valence-electron chi connectivity index (χ4n) is 4.30. The number of nitrogens with zero attached hydrogens (tertiary/aromatic N) is 1. The van der Waals surface area contributed by atoms with Crippen molar-refractivity contribution in [2.24, 2.45) is 5.92 Å². The first-order valence-corrected chi connectivity index (χ1v) is 11.2. The van der Waals surface area contributed by atoms with Crippen molar-refractivity contribution in [1.29, 1.82) is 0 Å². The van der Waals surface area contributed by atoms with Gasteiger partial charge in [-0.05, 0) is 44.6 Å². The topological polar surface area (TPSA) is 100 Å². The second-order valence-corrected chi connectivity index (χ2v) is 9.33. The Balaban J connectivity index is 1.39. The largest absolute Gasteiger partial charge is 0.323 e. The van der Waals surface area contributed by atoms with Crippen LogP contribution in [0.4, 0.5) is 9.93 Å². The molecule has 1 saturated heterocycles. The summed E-state index contributed by atoms with van der Waals surface area (Å²) in [7, 11) is 0. The van der Waals surface area contributed by atoms with E-state index < -0.39 is 11.6 Å². The Morgan fingerprint density at radius 3 is 2.53 bits per heavy atom. The predicted octanol–water partition coefficient (Wildman–Crippen LogP) is 3.78. The SMILES string of the molecule is CCCc1ccc(-c2nc(NC(=O)C3CCC4(CC3)NC(=O)NC4=O)sc2C)cc1. The van der Waals surface area contributed by atoms with E-state index in [1.54, 1.807) is 0 Å². The van der Waals surface area contributed by atoms with E-state index in [-0.39, 0.29) is 17.7 Å². The number of urea groups is 1. The summed E-state index contributed by atoms with van der Waals surface area (Å²) in [5.74, 6) is -0.549. The highest BCUT2D eigenvalue weighted by Crippen LogP contribution is 2.36. The summed E-state index contributed by atoms with van der Waals surface area (Å²) < 4.78 is 0. The first-order valence-electron chi connectivity index (χ1n) is 10.4. The van der Waals surface area contributed by atoms with Crippen molar-refractivity contribution in [2.75, 3.05) is 5.32 Å². The van der Waals surface area contributed by atoms with Gasteiger partial charge >= 0.3 is 6.03 Å². The van der Waals surface area contributed by atoms with Crippen LogP contribution in [-0.2, 0) is 16.0 Å². The monoisotopic (exact) mass is 426 g/mol. The molecule has 0 unspecified atom stereocenters. The van der Waals surface area contributed by atoms with Crippen LogP contribution in [0.1, 0.15) is 49.5 Å². The summed E-state index contributed by atoms with van der Waals surface area (Å²) in [6.07, 6.45) is 4.21. The maximum Gasteiger partial charge on any atom is 0.322 e. The number of rotatable bonds is 5. The number of thiazole rings is 1. The Labute approximate surface area is 179 Å². The smallest absolute Gasteiger partial charge is 0.322 e. The molecule has 0 atom stereocenters. The number of carbonyl (C=O) groups is 3. The van der Waals surface area contributed by atoms with Crippen molar-refractivity contribution in [3.05, 3.63) is 34.7 Å². The van der Waals surface area contributed by atoms with Crippen LogP contribution in [-0.4, -0.2) is 28.4 Å².